The normalized spacial score (nSPS) is 15.5. The first-order valence-electron chi connectivity index (χ1n) is 5.12. The lowest BCUT2D eigenvalue weighted by Crippen LogP contribution is -2.36. The highest BCUT2D eigenvalue weighted by Gasteiger charge is 2.32. The van der Waals surface area contributed by atoms with Crippen molar-refractivity contribution >= 4 is 6.03 Å². The Morgan fingerprint density at radius 3 is 2.93 bits per heavy atom. The fraction of sp³-hybridized carbons (Fsp3) is 0.600. The highest BCUT2D eigenvalue weighted by atomic mass is 16.2. The summed E-state index contributed by atoms with van der Waals surface area (Å²) in [6.07, 6.45) is 8.22. The second-order valence-electron chi connectivity index (χ2n) is 3.68. The molecule has 0 aliphatic heterocycles. The molecular formula is C10H15N3O. The molecular weight excluding hydrogens is 178 g/mol. The van der Waals surface area contributed by atoms with Crippen LogP contribution in [-0.2, 0) is 0 Å². The monoisotopic (exact) mass is 193 g/mol. The van der Waals surface area contributed by atoms with E-state index in [4.69, 9.17) is 0 Å². The van der Waals surface area contributed by atoms with Crippen LogP contribution in [0.2, 0.25) is 0 Å². The molecule has 0 N–H and O–H groups in total. The van der Waals surface area contributed by atoms with Crippen LogP contribution in [0.4, 0.5) is 4.79 Å². The van der Waals surface area contributed by atoms with Gasteiger partial charge < -0.3 is 4.90 Å². The van der Waals surface area contributed by atoms with E-state index in [2.05, 4.69) is 11.9 Å². The van der Waals surface area contributed by atoms with Gasteiger partial charge in [0.2, 0.25) is 0 Å². The van der Waals surface area contributed by atoms with Crippen LogP contribution in [0, 0.1) is 0 Å². The molecule has 1 saturated carbocycles. The Bertz CT molecular complexity index is 303. The summed E-state index contributed by atoms with van der Waals surface area (Å²) in [4.78, 5) is 17.8. The Hall–Kier alpha value is -1.32. The lowest BCUT2D eigenvalue weighted by Gasteiger charge is -2.21. The lowest BCUT2D eigenvalue weighted by atomic mass is 10.4. The maximum Gasteiger partial charge on any atom is 0.329 e. The summed E-state index contributed by atoms with van der Waals surface area (Å²) in [6, 6.07) is 0.539. The van der Waals surface area contributed by atoms with E-state index in [9.17, 15) is 4.79 Å². The van der Waals surface area contributed by atoms with E-state index in [1.54, 1.807) is 23.3 Å². The molecule has 0 aromatic carbocycles. The van der Waals surface area contributed by atoms with Gasteiger partial charge in [-0.1, -0.05) is 6.92 Å². The van der Waals surface area contributed by atoms with E-state index < -0.39 is 0 Å². The number of nitrogens with zero attached hydrogens (tertiary/aromatic N) is 3. The summed E-state index contributed by atoms with van der Waals surface area (Å²) in [7, 11) is 0. The highest BCUT2D eigenvalue weighted by Crippen LogP contribution is 2.27. The zero-order chi connectivity index (χ0) is 9.97. The largest absolute Gasteiger partial charge is 0.329 e. The average molecular weight is 193 g/mol. The number of amides is 1. The summed E-state index contributed by atoms with van der Waals surface area (Å²) in [5.41, 5.74) is 0. The molecule has 1 aliphatic rings. The second kappa shape index (κ2) is 3.82. The van der Waals surface area contributed by atoms with Crippen molar-refractivity contribution in [2.24, 2.45) is 0 Å². The third kappa shape index (κ3) is 1.78. The van der Waals surface area contributed by atoms with Gasteiger partial charge in [0, 0.05) is 25.0 Å². The summed E-state index contributed by atoms with van der Waals surface area (Å²) in [5.74, 6) is 0. The molecule has 0 atom stereocenters. The fourth-order valence-electron chi connectivity index (χ4n) is 1.58. The number of carbonyl (C=O) groups excluding carboxylic acids is 1. The number of hydrogen-bond acceptors (Lipinski definition) is 2. The van der Waals surface area contributed by atoms with Gasteiger partial charge in [-0.05, 0) is 19.3 Å². The van der Waals surface area contributed by atoms with Crippen molar-refractivity contribution in [2.45, 2.75) is 32.2 Å². The van der Waals surface area contributed by atoms with Gasteiger partial charge >= 0.3 is 6.03 Å². The zero-order valence-electron chi connectivity index (χ0n) is 8.39. The Kier molecular flexibility index (Phi) is 2.52. The number of rotatable bonds is 3. The summed E-state index contributed by atoms with van der Waals surface area (Å²) < 4.78 is 1.55. The van der Waals surface area contributed by atoms with Gasteiger partial charge in [0.1, 0.15) is 6.33 Å². The van der Waals surface area contributed by atoms with Crippen LogP contribution < -0.4 is 0 Å². The number of imidazole rings is 1. The summed E-state index contributed by atoms with van der Waals surface area (Å²) >= 11 is 0. The summed E-state index contributed by atoms with van der Waals surface area (Å²) in [5, 5.41) is 0. The maximum absolute atomic E-state index is 11.9. The topological polar surface area (TPSA) is 38.1 Å². The molecule has 1 heterocycles. The molecule has 0 saturated heterocycles. The van der Waals surface area contributed by atoms with E-state index in [1.807, 2.05) is 4.90 Å². The summed E-state index contributed by atoms with van der Waals surface area (Å²) in [6.45, 7) is 2.94. The van der Waals surface area contributed by atoms with Gasteiger partial charge in [-0.3, -0.25) is 4.57 Å². The van der Waals surface area contributed by atoms with Gasteiger partial charge in [-0.15, -0.1) is 0 Å². The van der Waals surface area contributed by atoms with Gasteiger partial charge in [-0.2, -0.15) is 0 Å². The van der Waals surface area contributed by atoms with E-state index in [0.29, 0.717) is 6.04 Å². The minimum Gasteiger partial charge on any atom is -0.321 e. The van der Waals surface area contributed by atoms with Crippen LogP contribution in [0.5, 0.6) is 0 Å². The van der Waals surface area contributed by atoms with E-state index in [0.717, 1.165) is 25.8 Å². The first-order valence-corrected chi connectivity index (χ1v) is 5.12. The van der Waals surface area contributed by atoms with Crippen LogP contribution >= 0.6 is 0 Å². The minimum absolute atomic E-state index is 0.0619. The second-order valence-corrected chi connectivity index (χ2v) is 3.68. The quantitative estimate of drug-likeness (QED) is 0.733. The van der Waals surface area contributed by atoms with E-state index in [1.165, 1.54) is 0 Å². The number of hydrogen-bond donors (Lipinski definition) is 0. The van der Waals surface area contributed by atoms with Crippen LogP contribution in [-0.4, -0.2) is 33.1 Å². The molecule has 0 spiro atoms. The molecule has 4 nitrogen and oxygen atoms in total. The van der Waals surface area contributed by atoms with Gasteiger partial charge in [0.25, 0.3) is 0 Å². The van der Waals surface area contributed by atoms with Gasteiger partial charge in [0.05, 0.1) is 0 Å². The molecule has 14 heavy (non-hydrogen) atoms. The molecule has 1 fully saturated rings. The smallest absolute Gasteiger partial charge is 0.321 e. The van der Waals surface area contributed by atoms with Crippen LogP contribution in [0.3, 0.4) is 0 Å². The molecule has 1 aromatic heterocycles. The van der Waals surface area contributed by atoms with Crippen LogP contribution in [0.15, 0.2) is 18.7 Å². The molecule has 4 heteroatoms. The molecule has 1 amide bonds. The SMILES string of the molecule is CCCN(C(=O)n1ccnc1)C1CC1. The first kappa shape index (κ1) is 9.24. The predicted molar refractivity (Wildman–Crippen MR) is 53.0 cm³/mol. The zero-order valence-corrected chi connectivity index (χ0v) is 8.39. The standard InChI is InChI=1S/C10H15N3O/c1-2-6-13(9-3-4-9)10(14)12-7-5-11-8-12/h5,7-9H,2-4,6H2,1H3. The van der Waals surface area contributed by atoms with Crippen molar-refractivity contribution in [1.29, 1.82) is 0 Å². The third-order valence-electron chi connectivity index (χ3n) is 2.42. The molecule has 1 aromatic rings. The van der Waals surface area contributed by atoms with Crippen molar-refractivity contribution in [1.82, 2.24) is 14.5 Å². The van der Waals surface area contributed by atoms with Crippen molar-refractivity contribution < 1.29 is 4.79 Å². The third-order valence-corrected chi connectivity index (χ3v) is 2.42. The predicted octanol–water partition coefficient (Wildman–Crippen LogP) is 1.73. The molecule has 0 unspecified atom stereocenters. The lowest BCUT2D eigenvalue weighted by molar-refractivity contribution is 0.196. The minimum atomic E-state index is 0.0619. The Morgan fingerprint density at radius 2 is 2.43 bits per heavy atom. The van der Waals surface area contributed by atoms with Gasteiger partial charge in [-0.25, -0.2) is 9.78 Å². The molecule has 2 rings (SSSR count). The molecule has 0 bridgehead atoms. The molecule has 1 aliphatic carbocycles. The highest BCUT2D eigenvalue weighted by molar-refractivity contribution is 5.77. The Morgan fingerprint density at radius 1 is 1.64 bits per heavy atom. The first-order chi connectivity index (χ1) is 6.83. The van der Waals surface area contributed by atoms with Crippen molar-refractivity contribution in [3.63, 3.8) is 0 Å². The average Bonchev–Trinajstić information content (AvgIpc) is 2.88. The van der Waals surface area contributed by atoms with Crippen molar-refractivity contribution in [2.75, 3.05) is 6.54 Å². The number of carbonyl (C=O) groups is 1. The van der Waals surface area contributed by atoms with Crippen LogP contribution in [0.1, 0.15) is 26.2 Å². The van der Waals surface area contributed by atoms with Crippen molar-refractivity contribution in [3.8, 4) is 0 Å². The number of aromatic nitrogens is 2. The van der Waals surface area contributed by atoms with E-state index in [-0.39, 0.29) is 6.03 Å². The Labute approximate surface area is 83.5 Å². The fourth-order valence-corrected chi connectivity index (χ4v) is 1.58. The maximum atomic E-state index is 11.9. The van der Waals surface area contributed by atoms with Crippen molar-refractivity contribution in [3.05, 3.63) is 18.7 Å². The molecule has 0 radical (unpaired) electrons. The molecule has 76 valence electrons. The van der Waals surface area contributed by atoms with E-state index >= 15 is 0 Å². The van der Waals surface area contributed by atoms with Gasteiger partial charge in [0.15, 0.2) is 0 Å². The Balaban J connectivity index is 2.07. The van der Waals surface area contributed by atoms with Crippen LogP contribution in [0.25, 0.3) is 0 Å².